The molecule has 1 saturated heterocycles. The molecular weight excluding hydrogens is 630 g/mol. The molecule has 3 aromatic carbocycles. The number of carbonyl (C=O) groups is 4. The summed E-state index contributed by atoms with van der Waals surface area (Å²) in [6, 6.07) is 15.9. The normalized spacial score (nSPS) is 14.5. The monoisotopic (exact) mass is 645 g/mol. The Bertz CT molecular complexity index is 1470. The van der Waals surface area contributed by atoms with Crippen molar-refractivity contribution in [1.29, 1.82) is 0 Å². The van der Waals surface area contributed by atoms with Crippen LogP contribution in [0.25, 0.3) is 6.08 Å². The number of ether oxygens (including phenoxy) is 1. The first kappa shape index (κ1) is 26.6. The number of rotatable bonds is 6. The molecule has 0 aliphatic carbocycles. The van der Waals surface area contributed by atoms with E-state index in [1.54, 1.807) is 30.3 Å². The molecule has 3 aromatic rings. The van der Waals surface area contributed by atoms with Crippen LogP contribution in [-0.4, -0.2) is 30.4 Å². The van der Waals surface area contributed by atoms with Gasteiger partial charge in [0.1, 0.15) is 11.3 Å². The standard InChI is InChI=1S/C26H18Br2ClN3O5/c1-14-5-2-3-8-21(14)30-22(33)13-37-23-15(9-16(27)11-20(23)28)10-19-24(34)31-26(36)32(25(19)35)18-7-4-6-17(29)12-18/h2-12H,13H2,1H3,(H,30,33)(H,31,34,36)/b19-10+. The second-order valence-electron chi connectivity index (χ2n) is 7.90. The molecule has 8 nitrogen and oxygen atoms in total. The number of benzene rings is 3. The Morgan fingerprint density at radius 1 is 1.08 bits per heavy atom. The predicted octanol–water partition coefficient (Wildman–Crippen LogP) is 5.86. The lowest BCUT2D eigenvalue weighted by Crippen LogP contribution is -2.54. The Morgan fingerprint density at radius 2 is 1.84 bits per heavy atom. The quantitative estimate of drug-likeness (QED) is 0.258. The number of amides is 5. The van der Waals surface area contributed by atoms with Crippen LogP contribution in [-0.2, 0) is 14.4 Å². The Kier molecular flexibility index (Phi) is 8.11. The Morgan fingerprint density at radius 3 is 2.57 bits per heavy atom. The van der Waals surface area contributed by atoms with E-state index < -0.39 is 23.8 Å². The zero-order valence-electron chi connectivity index (χ0n) is 19.2. The molecule has 1 aliphatic rings. The van der Waals surface area contributed by atoms with Crippen LogP contribution in [0.3, 0.4) is 0 Å². The van der Waals surface area contributed by atoms with Gasteiger partial charge in [-0.05, 0) is 70.9 Å². The Hall–Kier alpha value is -3.47. The number of barbiturate groups is 1. The SMILES string of the molecule is Cc1ccccc1NC(=O)COc1c(Br)cc(Br)cc1/C=C1\C(=O)NC(=O)N(c2cccc(Cl)c2)C1=O. The van der Waals surface area contributed by atoms with Crippen LogP contribution in [0.4, 0.5) is 16.2 Å². The van der Waals surface area contributed by atoms with E-state index in [9.17, 15) is 19.2 Å². The molecule has 2 N–H and O–H groups in total. The first-order chi connectivity index (χ1) is 17.6. The second-order valence-corrected chi connectivity index (χ2v) is 10.1. The molecule has 0 saturated carbocycles. The minimum absolute atomic E-state index is 0.202. The molecule has 0 aromatic heterocycles. The third-order valence-corrected chi connectivity index (χ3v) is 6.55. The van der Waals surface area contributed by atoms with Gasteiger partial charge in [0.25, 0.3) is 17.7 Å². The van der Waals surface area contributed by atoms with Gasteiger partial charge in [-0.2, -0.15) is 0 Å². The van der Waals surface area contributed by atoms with E-state index in [1.807, 2.05) is 25.1 Å². The number of hydrogen-bond acceptors (Lipinski definition) is 5. The molecule has 1 fully saturated rings. The van der Waals surface area contributed by atoms with Crippen molar-refractivity contribution in [2.45, 2.75) is 6.92 Å². The molecule has 0 atom stereocenters. The summed E-state index contributed by atoms with van der Waals surface area (Å²) in [4.78, 5) is 51.7. The van der Waals surface area contributed by atoms with Crippen molar-refractivity contribution in [2.24, 2.45) is 0 Å². The third kappa shape index (κ3) is 6.10. The molecule has 0 spiro atoms. The summed E-state index contributed by atoms with van der Waals surface area (Å²) in [7, 11) is 0. The highest BCUT2D eigenvalue weighted by Gasteiger charge is 2.37. The Labute approximate surface area is 233 Å². The fourth-order valence-corrected chi connectivity index (χ4v) is 5.10. The molecule has 1 heterocycles. The highest BCUT2D eigenvalue weighted by atomic mass is 79.9. The van der Waals surface area contributed by atoms with Gasteiger partial charge in [0, 0.05) is 20.7 Å². The van der Waals surface area contributed by atoms with Crippen LogP contribution in [0.15, 0.2) is 75.2 Å². The van der Waals surface area contributed by atoms with E-state index >= 15 is 0 Å². The minimum Gasteiger partial charge on any atom is -0.482 e. The molecule has 5 amide bonds. The van der Waals surface area contributed by atoms with Gasteiger partial charge in [-0.1, -0.05) is 51.8 Å². The van der Waals surface area contributed by atoms with Crippen molar-refractivity contribution in [3.05, 3.63) is 91.3 Å². The van der Waals surface area contributed by atoms with Gasteiger partial charge in [0.2, 0.25) is 0 Å². The van der Waals surface area contributed by atoms with Gasteiger partial charge in [-0.25, -0.2) is 9.69 Å². The van der Waals surface area contributed by atoms with Gasteiger partial charge in [-0.15, -0.1) is 0 Å². The first-order valence-corrected chi connectivity index (χ1v) is 12.7. The van der Waals surface area contributed by atoms with Crippen LogP contribution in [0.1, 0.15) is 11.1 Å². The van der Waals surface area contributed by atoms with Crippen molar-refractivity contribution < 1.29 is 23.9 Å². The molecule has 0 radical (unpaired) electrons. The molecule has 0 bridgehead atoms. The maximum atomic E-state index is 13.2. The lowest BCUT2D eigenvalue weighted by Gasteiger charge is -2.26. The number of hydrogen-bond donors (Lipinski definition) is 2. The minimum atomic E-state index is -0.894. The van der Waals surface area contributed by atoms with Gasteiger partial charge in [-0.3, -0.25) is 19.7 Å². The lowest BCUT2D eigenvalue weighted by molar-refractivity contribution is -0.122. The summed E-state index contributed by atoms with van der Waals surface area (Å²) >= 11 is 12.8. The molecule has 11 heteroatoms. The van der Waals surface area contributed by atoms with Crippen molar-refractivity contribution in [2.75, 3.05) is 16.8 Å². The zero-order valence-corrected chi connectivity index (χ0v) is 23.1. The fraction of sp³-hybridized carbons (Fsp3) is 0.0769. The number of imide groups is 2. The summed E-state index contributed by atoms with van der Waals surface area (Å²) in [6.07, 6.45) is 1.30. The number of nitrogens with zero attached hydrogens (tertiary/aromatic N) is 1. The average molecular weight is 648 g/mol. The van der Waals surface area contributed by atoms with Gasteiger partial charge in [0.15, 0.2) is 6.61 Å². The number of halogens is 3. The van der Waals surface area contributed by atoms with E-state index in [4.69, 9.17) is 16.3 Å². The average Bonchev–Trinajstić information content (AvgIpc) is 2.82. The topological polar surface area (TPSA) is 105 Å². The van der Waals surface area contributed by atoms with Crippen LogP contribution in [0.2, 0.25) is 5.02 Å². The molecule has 37 heavy (non-hydrogen) atoms. The van der Waals surface area contributed by atoms with Crippen LogP contribution in [0.5, 0.6) is 5.75 Å². The van der Waals surface area contributed by atoms with Crippen molar-refractivity contribution in [3.63, 3.8) is 0 Å². The van der Waals surface area contributed by atoms with Gasteiger partial charge >= 0.3 is 6.03 Å². The van der Waals surface area contributed by atoms with Crippen LogP contribution in [0, 0.1) is 6.92 Å². The summed E-state index contributed by atoms with van der Waals surface area (Å²) < 4.78 is 6.89. The van der Waals surface area contributed by atoms with Crippen LogP contribution >= 0.6 is 43.5 Å². The highest BCUT2D eigenvalue weighted by Crippen LogP contribution is 2.35. The fourth-order valence-electron chi connectivity index (χ4n) is 3.54. The molecule has 0 unspecified atom stereocenters. The smallest absolute Gasteiger partial charge is 0.335 e. The second kappa shape index (κ2) is 11.3. The molecule has 188 valence electrons. The maximum Gasteiger partial charge on any atom is 0.335 e. The summed E-state index contributed by atoms with van der Waals surface area (Å²) in [5, 5.41) is 5.27. The van der Waals surface area contributed by atoms with E-state index in [0.717, 1.165) is 10.5 Å². The van der Waals surface area contributed by atoms with E-state index in [1.165, 1.54) is 18.2 Å². The number of carbonyl (C=O) groups excluding carboxylic acids is 4. The first-order valence-electron chi connectivity index (χ1n) is 10.8. The molecule has 4 rings (SSSR count). The highest BCUT2D eigenvalue weighted by molar-refractivity contribution is 9.11. The number of urea groups is 1. The maximum absolute atomic E-state index is 13.2. The molecule has 1 aliphatic heterocycles. The zero-order chi connectivity index (χ0) is 26.7. The van der Waals surface area contributed by atoms with E-state index in [2.05, 4.69) is 42.5 Å². The number of para-hydroxylation sites is 1. The summed E-state index contributed by atoms with van der Waals surface area (Å²) in [5.74, 6) is -1.88. The van der Waals surface area contributed by atoms with E-state index in [0.29, 0.717) is 25.2 Å². The third-order valence-electron chi connectivity index (χ3n) is 5.27. The predicted molar refractivity (Wildman–Crippen MR) is 148 cm³/mol. The Balaban J connectivity index is 1.63. The largest absolute Gasteiger partial charge is 0.482 e. The summed E-state index contributed by atoms with van der Waals surface area (Å²) in [5.41, 5.74) is 1.77. The van der Waals surface area contributed by atoms with Crippen LogP contribution < -0.4 is 20.3 Å². The number of aryl methyl sites for hydroxylation is 1. The van der Waals surface area contributed by atoms with Crippen molar-refractivity contribution in [3.8, 4) is 5.75 Å². The van der Waals surface area contributed by atoms with E-state index in [-0.39, 0.29) is 23.6 Å². The van der Waals surface area contributed by atoms with Crippen molar-refractivity contribution >= 4 is 84.7 Å². The number of nitrogens with one attached hydrogen (secondary N) is 2. The van der Waals surface area contributed by atoms with Crippen molar-refractivity contribution in [1.82, 2.24) is 5.32 Å². The number of anilines is 2. The summed E-state index contributed by atoms with van der Waals surface area (Å²) in [6.45, 7) is 1.54. The van der Waals surface area contributed by atoms with Gasteiger partial charge < -0.3 is 10.1 Å². The van der Waals surface area contributed by atoms with Gasteiger partial charge in [0.05, 0.1) is 10.2 Å². The lowest BCUT2D eigenvalue weighted by atomic mass is 10.1. The molecular formula is C26H18Br2ClN3O5.